The summed E-state index contributed by atoms with van der Waals surface area (Å²) in [6.45, 7) is 0. The Bertz CT molecular complexity index is 789. The van der Waals surface area contributed by atoms with Gasteiger partial charge in [-0.1, -0.05) is 23.2 Å². The number of rotatable bonds is 2. The summed E-state index contributed by atoms with van der Waals surface area (Å²) >= 11 is 11.5. The zero-order chi connectivity index (χ0) is 16.7. The van der Waals surface area contributed by atoms with Gasteiger partial charge < -0.3 is 10.1 Å². The van der Waals surface area contributed by atoms with Gasteiger partial charge >= 0.3 is 12.0 Å². The van der Waals surface area contributed by atoms with Gasteiger partial charge in [0.25, 0.3) is 0 Å². The molecule has 0 bridgehead atoms. The maximum Gasteiger partial charge on any atom is 0.454 e. The van der Waals surface area contributed by atoms with Crippen LogP contribution in [0.15, 0.2) is 18.2 Å². The fraction of sp³-hybridized carbons (Fsp3) is 0.0833. The molecule has 0 aliphatic heterocycles. The Morgan fingerprint density at radius 2 is 1.77 bits per heavy atom. The molecule has 22 heavy (non-hydrogen) atoms. The molecule has 0 atom stereocenters. The standard InChI is InChI=1S/C12H4Cl2F3N3O2/c13-6-1-5(2-7(14)3-6)9-8(4-18)11(20(21)22)19-10(9)12(15,16)17/h1-3,19H. The van der Waals surface area contributed by atoms with Gasteiger partial charge in [0, 0.05) is 10.0 Å². The third kappa shape index (κ3) is 2.86. The zero-order valence-corrected chi connectivity index (χ0v) is 11.8. The van der Waals surface area contributed by atoms with E-state index in [-0.39, 0.29) is 15.6 Å². The highest BCUT2D eigenvalue weighted by molar-refractivity contribution is 6.35. The van der Waals surface area contributed by atoms with E-state index in [4.69, 9.17) is 28.5 Å². The molecular formula is C12H4Cl2F3N3O2. The number of hydrogen-bond acceptors (Lipinski definition) is 3. The SMILES string of the molecule is N#Cc1c([N+](=O)[O-])[nH]c(C(F)(F)F)c1-c1cc(Cl)cc(Cl)c1. The molecule has 1 heterocycles. The Hall–Kier alpha value is -2.24. The molecule has 1 aromatic carbocycles. The molecule has 2 rings (SSSR count). The van der Waals surface area contributed by atoms with Crippen molar-refractivity contribution in [2.24, 2.45) is 0 Å². The van der Waals surface area contributed by atoms with Gasteiger partial charge in [0.15, 0.2) is 5.56 Å². The van der Waals surface area contributed by atoms with Gasteiger partial charge in [0.05, 0.1) is 5.56 Å². The number of hydrogen-bond donors (Lipinski definition) is 1. The topological polar surface area (TPSA) is 82.7 Å². The second-order valence-corrected chi connectivity index (χ2v) is 5.00. The van der Waals surface area contributed by atoms with E-state index in [2.05, 4.69) is 0 Å². The van der Waals surface area contributed by atoms with E-state index in [1.54, 1.807) is 4.98 Å². The minimum Gasteiger partial charge on any atom is -0.358 e. The molecule has 0 saturated carbocycles. The summed E-state index contributed by atoms with van der Waals surface area (Å²) < 4.78 is 39.3. The molecule has 5 nitrogen and oxygen atoms in total. The van der Waals surface area contributed by atoms with Crippen molar-refractivity contribution in [3.63, 3.8) is 0 Å². The van der Waals surface area contributed by atoms with E-state index < -0.39 is 33.7 Å². The van der Waals surface area contributed by atoms with E-state index in [0.29, 0.717) is 0 Å². The summed E-state index contributed by atoms with van der Waals surface area (Å²) in [5.74, 6) is -1.04. The molecule has 0 saturated heterocycles. The van der Waals surface area contributed by atoms with Crippen molar-refractivity contribution in [1.82, 2.24) is 4.98 Å². The first-order chi connectivity index (χ1) is 10.1. The lowest BCUT2D eigenvalue weighted by atomic mass is 10.0. The fourth-order valence-electron chi connectivity index (χ4n) is 1.93. The van der Waals surface area contributed by atoms with Crippen LogP contribution in [0.25, 0.3) is 11.1 Å². The molecule has 114 valence electrons. The molecule has 0 radical (unpaired) electrons. The van der Waals surface area contributed by atoms with Gasteiger partial charge in [-0.25, -0.2) is 4.98 Å². The molecule has 2 aromatic rings. The average Bonchev–Trinajstić information content (AvgIpc) is 2.76. The lowest BCUT2D eigenvalue weighted by molar-refractivity contribution is -0.389. The molecule has 0 fully saturated rings. The van der Waals surface area contributed by atoms with E-state index in [1.807, 2.05) is 0 Å². The largest absolute Gasteiger partial charge is 0.454 e. The summed E-state index contributed by atoms with van der Waals surface area (Å²) in [6, 6.07) is 4.97. The minimum absolute atomic E-state index is 0.0309. The van der Waals surface area contributed by atoms with Gasteiger partial charge in [-0.05, 0) is 28.7 Å². The van der Waals surface area contributed by atoms with E-state index in [9.17, 15) is 23.3 Å². The predicted molar refractivity (Wildman–Crippen MR) is 72.6 cm³/mol. The van der Waals surface area contributed by atoms with Crippen molar-refractivity contribution < 1.29 is 18.1 Å². The lowest BCUT2D eigenvalue weighted by Crippen LogP contribution is -2.07. The van der Waals surface area contributed by atoms with Gasteiger partial charge in [-0.3, -0.25) is 0 Å². The number of nitro groups is 1. The molecule has 1 N–H and O–H groups in total. The third-order valence-corrected chi connectivity index (χ3v) is 3.15. The van der Waals surface area contributed by atoms with E-state index in [1.165, 1.54) is 12.1 Å². The number of nitrogens with zero attached hydrogens (tertiary/aromatic N) is 2. The number of nitriles is 1. The second-order valence-electron chi connectivity index (χ2n) is 4.12. The highest BCUT2D eigenvalue weighted by atomic mass is 35.5. The van der Waals surface area contributed by atoms with Crippen LogP contribution in [-0.2, 0) is 6.18 Å². The maximum atomic E-state index is 13.1. The van der Waals surface area contributed by atoms with Crippen molar-refractivity contribution in [3.05, 3.63) is 49.6 Å². The molecule has 0 aliphatic rings. The highest BCUT2D eigenvalue weighted by Gasteiger charge is 2.43. The van der Waals surface area contributed by atoms with Gasteiger partial charge in [0.2, 0.25) is 5.69 Å². The third-order valence-electron chi connectivity index (χ3n) is 2.71. The summed E-state index contributed by atoms with van der Waals surface area (Å²) in [5, 5.41) is 19.9. The summed E-state index contributed by atoms with van der Waals surface area (Å²) in [4.78, 5) is 11.4. The molecule has 1 aromatic heterocycles. The van der Waals surface area contributed by atoms with Crippen LogP contribution in [-0.4, -0.2) is 9.91 Å². The second kappa shape index (κ2) is 5.51. The molecular weight excluding hydrogens is 346 g/mol. The first-order valence-corrected chi connectivity index (χ1v) is 6.25. The van der Waals surface area contributed by atoms with Gasteiger partial charge in [-0.15, -0.1) is 0 Å². The normalized spacial score (nSPS) is 11.3. The quantitative estimate of drug-likeness (QED) is 0.625. The molecule has 0 amide bonds. The summed E-state index contributed by atoms with van der Waals surface area (Å²) in [5.41, 5.74) is -2.96. The van der Waals surface area contributed by atoms with Crippen molar-refractivity contribution in [2.45, 2.75) is 6.18 Å². The number of H-pyrrole nitrogens is 1. The number of aromatic amines is 1. The molecule has 0 unspecified atom stereocenters. The zero-order valence-electron chi connectivity index (χ0n) is 10.3. The van der Waals surface area contributed by atoms with E-state index in [0.717, 1.165) is 12.1 Å². The molecule has 0 aliphatic carbocycles. The summed E-state index contributed by atoms with van der Waals surface area (Å²) in [6.07, 6.45) is -4.93. The number of benzene rings is 1. The monoisotopic (exact) mass is 349 g/mol. The molecule has 10 heteroatoms. The van der Waals surface area contributed by atoms with Crippen molar-refractivity contribution in [2.75, 3.05) is 0 Å². The Morgan fingerprint density at radius 3 is 2.18 bits per heavy atom. The molecule has 0 spiro atoms. The Morgan fingerprint density at radius 1 is 1.23 bits per heavy atom. The first-order valence-electron chi connectivity index (χ1n) is 5.49. The number of halogens is 5. The van der Waals surface area contributed by atoms with Crippen molar-refractivity contribution >= 4 is 29.0 Å². The van der Waals surface area contributed by atoms with Crippen molar-refractivity contribution in [1.29, 1.82) is 5.26 Å². The van der Waals surface area contributed by atoms with Crippen LogP contribution in [0.3, 0.4) is 0 Å². The van der Waals surface area contributed by atoms with Crippen LogP contribution >= 0.6 is 23.2 Å². The Balaban J connectivity index is 2.89. The van der Waals surface area contributed by atoms with Crippen LogP contribution in [0.1, 0.15) is 11.3 Å². The van der Waals surface area contributed by atoms with Gasteiger partial charge in [-0.2, -0.15) is 18.4 Å². The predicted octanol–water partition coefficient (Wildman–Crippen LogP) is 4.79. The number of aromatic nitrogens is 1. The maximum absolute atomic E-state index is 13.1. The number of alkyl halides is 3. The van der Waals surface area contributed by atoms with E-state index >= 15 is 0 Å². The van der Waals surface area contributed by atoms with Crippen LogP contribution < -0.4 is 0 Å². The van der Waals surface area contributed by atoms with Gasteiger partial charge in [0.1, 0.15) is 6.07 Å². The fourth-order valence-corrected chi connectivity index (χ4v) is 2.46. The lowest BCUT2D eigenvalue weighted by Gasteiger charge is -2.06. The average molecular weight is 350 g/mol. The number of nitrogens with one attached hydrogen (secondary N) is 1. The Kier molecular flexibility index (Phi) is 4.04. The Labute approximate surface area is 131 Å². The summed E-state index contributed by atoms with van der Waals surface area (Å²) in [7, 11) is 0. The van der Waals surface area contributed by atoms with Crippen LogP contribution in [0.5, 0.6) is 0 Å². The minimum atomic E-state index is -4.93. The highest BCUT2D eigenvalue weighted by Crippen LogP contribution is 2.43. The van der Waals surface area contributed by atoms with Crippen LogP contribution in [0.4, 0.5) is 19.0 Å². The van der Waals surface area contributed by atoms with Crippen LogP contribution in [0, 0.1) is 21.4 Å². The smallest absolute Gasteiger partial charge is 0.358 e. The first kappa shape index (κ1) is 16.1. The van der Waals surface area contributed by atoms with Crippen molar-refractivity contribution in [3.8, 4) is 17.2 Å². The van der Waals surface area contributed by atoms with Crippen LogP contribution in [0.2, 0.25) is 10.0 Å².